The summed E-state index contributed by atoms with van der Waals surface area (Å²) in [6, 6.07) is 19.3. The molecule has 2 heterocycles. The van der Waals surface area contributed by atoms with E-state index in [1.807, 2.05) is 19.1 Å². The first-order chi connectivity index (χ1) is 16.0. The molecular weight excluding hydrogens is 420 g/mol. The molecule has 4 aromatic rings. The molecule has 166 valence electrons. The molecule has 0 spiro atoms. The smallest absolute Gasteiger partial charge is 0.340 e. The molecule has 33 heavy (non-hydrogen) atoms. The van der Waals surface area contributed by atoms with Crippen LogP contribution >= 0.6 is 0 Å². The maximum Gasteiger partial charge on any atom is 0.340 e. The van der Waals surface area contributed by atoms with E-state index in [0.29, 0.717) is 22.8 Å². The minimum atomic E-state index is -1.17. The van der Waals surface area contributed by atoms with Gasteiger partial charge < -0.3 is 14.8 Å². The van der Waals surface area contributed by atoms with Gasteiger partial charge in [-0.05, 0) is 42.8 Å². The first-order valence-electron chi connectivity index (χ1n) is 10.2. The van der Waals surface area contributed by atoms with Crippen molar-refractivity contribution in [3.63, 3.8) is 0 Å². The van der Waals surface area contributed by atoms with Crippen LogP contribution in [0.1, 0.15) is 27.6 Å². The largest absolute Gasteiger partial charge is 0.495 e. The number of ether oxygens (including phenoxy) is 2. The van der Waals surface area contributed by atoms with Gasteiger partial charge >= 0.3 is 5.97 Å². The van der Waals surface area contributed by atoms with Crippen molar-refractivity contribution in [1.82, 2.24) is 14.8 Å². The van der Waals surface area contributed by atoms with Gasteiger partial charge in [-0.1, -0.05) is 36.4 Å². The molecule has 1 amide bonds. The Morgan fingerprint density at radius 3 is 2.52 bits per heavy atom. The first kappa shape index (κ1) is 21.8. The summed E-state index contributed by atoms with van der Waals surface area (Å²) in [6.45, 7) is 1.91. The van der Waals surface area contributed by atoms with Crippen LogP contribution in [0.3, 0.4) is 0 Å². The van der Waals surface area contributed by atoms with Crippen LogP contribution in [-0.4, -0.2) is 33.8 Å². The number of amides is 1. The van der Waals surface area contributed by atoms with Gasteiger partial charge in [0.2, 0.25) is 6.10 Å². The van der Waals surface area contributed by atoms with Crippen molar-refractivity contribution in [2.24, 2.45) is 0 Å². The lowest BCUT2D eigenvalue weighted by Gasteiger charge is -2.19. The van der Waals surface area contributed by atoms with Crippen molar-refractivity contribution >= 4 is 17.6 Å². The molecule has 0 saturated carbocycles. The van der Waals surface area contributed by atoms with Crippen molar-refractivity contribution in [2.75, 3.05) is 12.4 Å². The van der Waals surface area contributed by atoms with Crippen LogP contribution in [0.25, 0.3) is 5.82 Å². The van der Waals surface area contributed by atoms with E-state index in [0.717, 1.165) is 5.56 Å². The van der Waals surface area contributed by atoms with Gasteiger partial charge in [0, 0.05) is 24.2 Å². The van der Waals surface area contributed by atoms with E-state index in [-0.39, 0.29) is 5.56 Å². The van der Waals surface area contributed by atoms with Crippen LogP contribution in [0.5, 0.6) is 5.75 Å². The predicted molar refractivity (Wildman–Crippen MR) is 122 cm³/mol. The zero-order chi connectivity index (χ0) is 23.2. The number of carbonyl (C=O) groups excluding carboxylic acids is 2. The summed E-state index contributed by atoms with van der Waals surface area (Å²) < 4.78 is 12.6. The van der Waals surface area contributed by atoms with Crippen LogP contribution in [0.4, 0.5) is 5.69 Å². The number of benzene rings is 2. The van der Waals surface area contributed by atoms with Gasteiger partial charge in [0.15, 0.2) is 5.82 Å². The highest BCUT2D eigenvalue weighted by Crippen LogP contribution is 2.28. The van der Waals surface area contributed by atoms with Crippen molar-refractivity contribution in [1.29, 1.82) is 0 Å². The van der Waals surface area contributed by atoms with E-state index >= 15 is 0 Å². The second kappa shape index (κ2) is 9.78. The molecule has 0 saturated heterocycles. The Morgan fingerprint density at radius 2 is 1.85 bits per heavy atom. The summed E-state index contributed by atoms with van der Waals surface area (Å²) in [5, 5.41) is 6.92. The van der Waals surface area contributed by atoms with E-state index in [1.165, 1.54) is 13.3 Å². The topological polar surface area (TPSA) is 95.3 Å². The average Bonchev–Trinajstić information content (AvgIpc) is 3.38. The fourth-order valence-electron chi connectivity index (χ4n) is 3.24. The Labute approximate surface area is 190 Å². The summed E-state index contributed by atoms with van der Waals surface area (Å²) in [5.74, 6) is -0.111. The van der Waals surface area contributed by atoms with E-state index < -0.39 is 18.0 Å². The van der Waals surface area contributed by atoms with Gasteiger partial charge in [-0.3, -0.25) is 4.79 Å². The summed E-state index contributed by atoms with van der Waals surface area (Å²) in [4.78, 5) is 30.3. The molecule has 0 aliphatic heterocycles. The second-order valence-corrected chi connectivity index (χ2v) is 7.24. The number of pyridine rings is 1. The van der Waals surface area contributed by atoms with E-state index in [1.54, 1.807) is 71.7 Å². The lowest BCUT2D eigenvalue weighted by atomic mass is 10.1. The molecule has 4 rings (SSSR count). The standard InChI is InChI=1S/C25H22N4O4/c1-17-9-11-21(32-2)20(15-17)28-24(30)23(18-7-4-3-5-8-18)33-25(31)19-10-12-22(26-16-19)29-14-6-13-27-29/h3-16,23H,1-2H3,(H,28,30). The van der Waals surface area contributed by atoms with Gasteiger partial charge in [-0.15, -0.1) is 0 Å². The minimum absolute atomic E-state index is 0.216. The summed E-state index contributed by atoms with van der Waals surface area (Å²) in [5.41, 5.74) is 2.19. The molecule has 1 atom stereocenters. The number of methoxy groups -OCH3 is 1. The quantitative estimate of drug-likeness (QED) is 0.433. The highest BCUT2D eigenvalue weighted by Gasteiger charge is 2.27. The SMILES string of the molecule is COc1ccc(C)cc1NC(=O)C(OC(=O)c1ccc(-n2cccn2)nc1)c1ccccc1. The van der Waals surface area contributed by atoms with Gasteiger partial charge in [0.25, 0.3) is 5.91 Å². The lowest BCUT2D eigenvalue weighted by molar-refractivity contribution is -0.125. The number of aryl methyl sites for hydroxylation is 1. The third-order valence-electron chi connectivity index (χ3n) is 4.90. The van der Waals surface area contributed by atoms with Gasteiger partial charge in [-0.25, -0.2) is 14.5 Å². The number of esters is 1. The highest BCUT2D eigenvalue weighted by molar-refractivity contribution is 5.99. The average molecular weight is 442 g/mol. The normalized spacial score (nSPS) is 11.5. The van der Waals surface area contributed by atoms with Crippen molar-refractivity contribution < 1.29 is 19.1 Å². The van der Waals surface area contributed by atoms with Crippen LogP contribution in [0.15, 0.2) is 85.3 Å². The number of nitrogens with zero attached hydrogens (tertiary/aromatic N) is 3. The fourth-order valence-corrected chi connectivity index (χ4v) is 3.24. The molecule has 0 aliphatic rings. The number of hydrogen-bond donors (Lipinski definition) is 1. The van der Waals surface area contributed by atoms with Gasteiger partial charge in [-0.2, -0.15) is 5.10 Å². The Balaban J connectivity index is 1.57. The fraction of sp³-hybridized carbons (Fsp3) is 0.120. The molecule has 2 aromatic heterocycles. The molecule has 0 fully saturated rings. The lowest BCUT2D eigenvalue weighted by Crippen LogP contribution is -2.26. The van der Waals surface area contributed by atoms with Crippen molar-refractivity contribution in [3.8, 4) is 11.6 Å². The number of rotatable bonds is 7. The van der Waals surface area contributed by atoms with E-state index in [4.69, 9.17) is 9.47 Å². The van der Waals surface area contributed by atoms with Crippen molar-refractivity contribution in [2.45, 2.75) is 13.0 Å². The Kier molecular flexibility index (Phi) is 6.45. The molecule has 8 nitrogen and oxygen atoms in total. The maximum absolute atomic E-state index is 13.2. The number of nitrogens with one attached hydrogen (secondary N) is 1. The Bertz CT molecular complexity index is 1240. The van der Waals surface area contributed by atoms with Crippen LogP contribution in [-0.2, 0) is 9.53 Å². The third kappa shape index (κ3) is 5.07. The predicted octanol–water partition coefficient (Wildman–Crippen LogP) is 4.12. The zero-order valence-corrected chi connectivity index (χ0v) is 18.1. The highest BCUT2D eigenvalue weighted by atomic mass is 16.5. The monoisotopic (exact) mass is 442 g/mol. The van der Waals surface area contributed by atoms with Crippen molar-refractivity contribution in [3.05, 3.63) is 102 Å². The van der Waals surface area contributed by atoms with Crippen LogP contribution in [0.2, 0.25) is 0 Å². The van der Waals surface area contributed by atoms with E-state index in [2.05, 4.69) is 15.4 Å². The van der Waals surface area contributed by atoms with Crippen LogP contribution < -0.4 is 10.1 Å². The summed E-state index contributed by atoms with van der Waals surface area (Å²) in [7, 11) is 1.52. The second-order valence-electron chi connectivity index (χ2n) is 7.24. The minimum Gasteiger partial charge on any atom is -0.495 e. The van der Waals surface area contributed by atoms with Gasteiger partial charge in [0.1, 0.15) is 5.75 Å². The van der Waals surface area contributed by atoms with E-state index in [9.17, 15) is 9.59 Å². The summed E-state index contributed by atoms with van der Waals surface area (Å²) >= 11 is 0. The van der Waals surface area contributed by atoms with Crippen LogP contribution in [0, 0.1) is 6.92 Å². The molecular formula is C25H22N4O4. The molecule has 1 unspecified atom stereocenters. The summed E-state index contributed by atoms with van der Waals surface area (Å²) in [6.07, 6.45) is 3.60. The number of aromatic nitrogens is 3. The molecule has 0 bridgehead atoms. The molecule has 0 radical (unpaired) electrons. The van der Waals surface area contributed by atoms with Gasteiger partial charge in [0.05, 0.1) is 18.4 Å². The number of carbonyl (C=O) groups is 2. The number of hydrogen-bond acceptors (Lipinski definition) is 6. The number of anilines is 1. The Morgan fingerprint density at radius 1 is 1.03 bits per heavy atom. The third-order valence-corrected chi connectivity index (χ3v) is 4.90. The zero-order valence-electron chi connectivity index (χ0n) is 18.1. The molecule has 2 aromatic carbocycles. The molecule has 1 N–H and O–H groups in total. The molecule has 8 heteroatoms. The first-order valence-corrected chi connectivity index (χ1v) is 10.2. The molecule has 0 aliphatic carbocycles. The maximum atomic E-state index is 13.2. The Hall–Kier alpha value is -4.46.